The zero-order valence-electron chi connectivity index (χ0n) is 9.17. The molecule has 0 spiro atoms. The second kappa shape index (κ2) is 4.84. The van der Waals surface area contributed by atoms with E-state index in [1.807, 2.05) is 19.2 Å². The number of pyridine rings is 1. The van der Waals surface area contributed by atoms with Crippen molar-refractivity contribution in [3.8, 4) is 0 Å². The molecule has 0 aliphatic carbocycles. The predicted octanol–water partition coefficient (Wildman–Crippen LogP) is 2.43. The summed E-state index contributed by atoms with van der Waals surface area (Å²) in [6.45, 7) is 7.30. The van der Waals surface area contributed by atoms with Crippen LogP contribution in [0.25, 0.3) is 0 Å². The van der Waals surface area contributed by atoms with Gasteiger partial charge in [0.25, 0.3) is 0 Å². The molecule has 0 aromatic carbocycles. The third kappa shape index (κ3) is 2.91. The van der Waals surface area contributed by atoms with E-state index in [4.69, 9.17) is 5.73 Å². The van der Waals surface area contributed by atoms with Crippen molar-refractivity contribution in [1.82, 2.24) is 4.98 Å². The predicted molar refractivity (Wildman–Crippen MR) is 61.3 cm³/mol. The Labute approximate surface area is 85.7 Å². The highest BCUT2D eigenvalue weighted by atomic mass is 15.0. The maximum absolute atomic E-state index is 5.82. The fraction of sp³-hybridized carbons (Fsp3) is 0.545. The molecule has 0 saturated carbocycles. The van der Waals surface area contributed by atoms with E-state index < -0.39 is 0 Å². The lowest BCUT2D eigenvalue weighted by Gasteiger charge is -2.12. The monoisotopic (exact) mass is 193 g/mol. The summed E-state index contributed by atoms with van der Waals surface area (Å²) in [5, 5.41) is 3.25. The molecule has 0 fully saturated rings. The van der Waals surface area contributed by atoms with Crippen LogP contribution < -0.4 is 11.1 Å². The first-order valence-electron chi connectivity index (χ1n) is 5.09. The molecule has 0 bridgehead atoms. The molecule has 1 rings (SSSR count). The minimum Gasteiger partial charge on any atom is -0.396 e. The number of anilines is 2. The molecule has 0 aliphatic heterocycles. The van der Waals surface area contributed by atoms with E-state index in [-0.39, 0.29) is 0 Å². The standard InChI is InChI=1S/C11H19N3/c1-4-8(2)6-13-11-10(12)5-9(3)7-14-11/h5,7-8H,4,6,12H2,1-3H3,(H,13,14). The van der Waals surface area contributed by atoms with Gasteiger partial charge in [-0.25, -0.2) is 4.98 Å². The van der Waals surface area contributed by atoms with Crippen LogP contribution in [0.2, 0.25) is 0 Å². The Morgan fingerprint density at radius 3 is 2.86 bits per heavy atom. The topological polar surface area (TPSA) is 50.9 Å². The van der Waals surface area contributed by atoms with Crippen LogP contribution in [0.1, 0.15) is 25.8 Å². The third-order valence-corrected chi connectivity index (χ3v) is 2.37. The normalized spacial score (nSPS) is 12.5. The van der Waals surface area contributed by atoms with Gasteiger partial charge in [-0.3, -0.25) is 0 Å². The maximum Gasteiger partial charge on any atom is 0.149 e. The van der Waals surface area contributed by atoms with Crippen LogP contribution in [0.4, 0.5) is 11.5 Å². The van der Waals surface area contributed by atoms with Crippen molar-refractivity contribution in [2.75, 3.05) is 17.6 Å². The van der Waals surface area contributed by atoms with E-state index >= 15 is 0 Å². The van der Waals surface area contributed by atoms with Crippen LogP contribution in [0.3, 0.4) is 0 Å². The lowest BCUT2D eigenvalue weighted by molar-refractivity contribution is 0.592. The van der Waals surface area contributed by atoms with E-state index in [0.717, 1.165) is 23.6 Å². The zero-order valence-corrected chi connectivity index (χ0v) is 9.17. The summed E-state index contributed by atoms with van der Waals surface area (Å²) in [5.74, 6) is 1.45. The number of hydrogen-bond donors (Lipinski definition) is 2. The van der Waals surface area contributed by atoms with Crippen LogP contribution in [0.15, 0.2) is 12.3 Å². The van der Waals surface area contributed by atoms with Crippen molar-refractivity contribution in [2.45, 2.75) is 27.2 Å². The molecule has 0 aliphatic rings. The molecular formula is C11H19N3. The molecule has 3 heteroatoms. The summed E-state index contributed by atoms with van der Waals surface area (Å²) < 4.78 is 0. The molecule has 1 atom stereocenters. The average molecular weight is 193 g/mol. The van der Waals surface area contributed by atoms with Gasteiger partial charge >= 0.3 is 0 Å². The molecule has 1 heterocycles. The molecule has 3 N–H and O–H groups in total. The van der Waals surface area contributed by atoms with E-state index in [2.05, 4.69) is 24.1 Å². The Hall–Kier alpha value is -1.25. The molecule has 1 aromatic heterocycles. The molecule has 1 aromatic rings. The lowest BCUT2D eigenvalue weighted by atomic mass is 10.1. The number of aryl methyl sites for hydroxylation is 1. The Kier molecular flexibility index (Phi) is 3.74. The van der Waals surface area contributed by atoms with Gasteiger partial charge in [0.2, 0.25) is 0 Å². The average Bonchev–Trinajstić information content (AvgIpc) is 2.16. The molecule has 0 amide bonds. The van der Waals surface area contributed by atoms with Crippen molar-refractivity contribution < 1.29 is 0 Å². The smallest absolute Gasteiger partial charge is 0.149 e. The summed E-state index contributed by atoms with van der Waals surface area (Å²) >= 11 is 0. The van der Waals surface area contributed by atoms with Gasteiger partial charge in [-0.15, -0.1) is 0 Å². The summed E-state index contributed by atoms with van der Waals surface area (Å²) in [6, 6.07) is 1.94. The molecule has 14 heavy (non-hydrogen) atoms. The Morgan fingerprint density at radius 2 is 2.29 bits per heavy atom. The summed E-state index contributed by atoms with van der Waals surface area (Å²) in [6.07, 6.45) is 2.99. The number of nitrogens with zero attached hydrogens (tertiary/aromatic N) is 1. The second-order valence-electron chi connectivity index (χ2n) is 3.84. The highest BCUT2D eigenvalue weighted by Gasteiger charge is 2.02. The summed E-state index contributed by atoms with van der Waals surface area (Å²) in [5.41, 5.74) is 7.65. The molecule has 3 nitrogen and oxygen atoms in total. The van der Waals surface area contributed by atoms with Crippen molar-refractivity contribution in [2.24, 2.45) is 5.92 Å². The van der Waals surface area contributed by atoms with Crippen molar-refractivity contribution >= 4 is 11.5 Å². The summed E-state index contributed by atoms with van der Waals surface area (Å²) in [4.78, 5) is 4.25. The number of aromatic nitrogens is 1. The fourth-order valence-electron chi connectivity index (χ4n) is 1.15. The first kappa shape index (κ1) is 10.8. The molecular weight excluding hydrogens is 174 g/mol. The lowest BCUT2D eigenvalue weighted by Crippen LogP contribution is -2.12. The van der Waals surface area contributed by atoms with Crippen LogP contribution in [-0.4, -0.2) is 11.5 Å². The van der Waals surface area contributed by atoms with E-state index in [1.54, 1.807) is 0 Å². The SMILES string of the molecule is CCC(C)CNc1ncc(C)cc1N. The Balaban J connectivity index is 2.59. The number of hydrogen-bond acceptors (Lipinski definition) is 3. The van der Waals surface area contributed by atoms with E-state index in [0.29, 0.717) is 5.92 Å². The number of rotatable bonds is 4. The van der Waals surface area contributed by atoms with Gasteiger partial charge in [0.05, 0.1) is 5.69 Å². The van der Waals surface area contributed by atoms with Gasteiger partial charge in [0.1, 0.15) is 5.82 Å². The minimum absolute atomic E-state index is 0.650. The number of nitrogen functional groups attached to an aromatic ring is 1. The van der Waals surface area contributed by atoms with Crippen molar-refractivity contribution in [3.63, 3.8) is 0 Å². The van der Waals surface area contributed by atoms with Crippen LogP contribution in [0, 0.1) is 12.8 Å². The molecule has 0 radical (unpaired) electrons. The number of nitrogens with one attached hydrogen (secondary N) is 1. The Bertz CT molecular complexity index is 297. The van der Waals surface area contributed by atoms with Crippen LogP contribution in [0.5, 0.6) is 0 Å². The molecule has 78 valence electrons. The highest BCUT2D eigenvalue weighted by molar-refractivity contribution is 5.61. The van der Waals surface area contributed by atoms with Crippen LogP contribution in [-0.2, 0) is 0 Å². The summed E-state index contributed by atoms with van der Waals surface area (Å²) in [7, 11) is 0. The van der Waals surface area contributed by atoms with Crippen LogP contribution >= 0.6 is 0 Å². The van der Waals surface area contributed by atoms with Crippen molar-refractivity contribution in [3.05, 3.63) is 17.8 Å². The van der Waals surface area contributed by atoms with E-state index in [9.17, 15) is 0 Å². The fourth-order valence-corrected chi connectivity index (χ4v) is 1.15. The van der Waals surface area contributed by atoms with Gasteiger partial charge in [0, 0.05) is 12.7 Å². The number of nitrogens with two attached hydrogens (primary N) is 1. The second-order valence-corrected chi connectivity index (χ2v) is 3.84. The first-order chi connectivity index (χ1) is 6.63. The molecule has 0 saturated heterocycles. The maximum atomic E-state index is 5.82. The minimum atomic E-state index is 0.650. The highest BCUT2D eigenvalue weighted by Crippen LogP contribution is 2.16. The largest absolute Gasteiger partial charge is 0.396 e. The Morgan fingerprint density at radius 1 is 1.57 bits per heavy atom. The third-order valence-electron chi connectivity index (χ3n) is 2.37. The zero-order chi connectivity index (χ0) is 10.6. The quantitative estimate of drug-likeness (QED) is 0.772. The van der Waals surface area contributed by atoms with Gasteiger partial charge in [-0.2, -0.15) is 0 Å². The van der Waals surface area contributed by atoms with Gasteiger partial charge < -0.3 is 11.1 Å². The van der Waals surface area contributed by atoms with Gasteiger partial charge in [-0.05, 0) is 24.5 Å². The first-order valence-corrected chi connectivity index (χ1v) is 5.09. The van der Waals surface area contributed by atoms with E-state index in [1.165, 1.54) is 6.42 Å². The van der Waals surface area contributed by atoms with Crippen molar-refractivity contribution in [1.29, 1.82) is 0 Å². The molecule has 1 unspecified atom stereocenters. The van der Waals surface area contributed by atoms with Gasteiger partial charge in [0.15, 0.2) is 0 Å². The van der Waals surface area contributed by atoms with Gasteiger partial charge in [-0.1, -0.05) is 20.3 Å².